The van der Waals surface area contributed by atoms with Crippen LogP contribution >= 0.6 is 11.6 Å². The number of benzene rings is 1. The van der Waals surface area contributed by atoms with Crippen LogP contribution in [-0.2, 0) is 13.1 Å². The molecule has 0 saturated carbocycles. The zero-order valence-electron chi connectivity index (χ0n) is 19.6. The number of hydrogen-bond acceptors (Lipinski definition) is 8. The van der Waals surface area contributed by atoms with Crippen LogP contribution in [0.1, 0.15) is 23.4 Å². The maximum Gasteiger partial charge on any atom is 0.416 e. The van der Waals surface area contributed by atoms with E-state index in [0.717, 1.165) is 9.36 Å². The minimum atomic E-state index is -4.97. The van der Waals surface area contributed by atoms with Gasteiger partial charge in [-0.3, -0.25) is 9.36 Å². The molecule has 12 nitrogen and oxygen atoms in total. The van der Waals surface area contributed by atoms with Crippen molar-refractivity contribution in [2.24, 2.45) is 5.73 Å². The fraction of sp³-hybridized carbons (Fsp3) is 0.273. The highest BCUT2D eigenvalue weighted by Crippen LogP contribution is 2.24. The van der Waals surface area contributed by atoms with E-state index in [-0.39, 0.29) is 41.2 Å². The Morgan fingerprint density at radius 2 is 1.92 bits per heavy atom. The Labute approximate surface area is 217 Å². The van der Waals surface area contributed by atoms with E-state index in [2.05, 4.69) is 20.2 Å². The third-order valence-electron chi connectivity index (χ3n) is 5.18. The minimum absolute atomic E-state index is 0.101. The first-order chi connectivity index (χ1) is 18.0. The van der Waals surface area contributed by atoms with E-state index in [1.54, 1.807) is 19.1 Å². The molecule has 0 bridgehead atoms. The summed E-state index contributed by atoms with van der Waals surface area (Å²) in [7, 11) is 0. The van der Waals surface area contributed by atoms with E-state index < -0.39 is 37.0 Å². The van der Waals surface area contributed by atoms with E-state index in [9.17, 15) is 27.9 Å². The molecule has 0 radical (unpaired) electrons. The lowest BCUT2D eigenvalue weighted by Crippen LogP contribution is -2.37. The minimum Gasteiger partial charge on any atom is -0.476 e. The van der Waals surface area contributed by atoms with E-state index in [0.29, 0.717) is 9.59 Å². The first-order valence-corrected chi connectivity index (χ1v) is 11.4. The van der Waals surface area contributed by atoms with Crippen molar-refractivity contribution in [1.29, 1.82) is 0 Å². The molecule has 0 aliphatic rings. The fourth-order valence-electron chi connectivity index (χ4n) is 3.47. The number of amides is 1. The Kier molecular flexibility index (Phi) is 7.50. The molecule has 0 unspecified atom stereocenters. The Balaban J connectivity index is 1.78. The van der Waals surface area contributed by atoms with Crippen molar-refractivity contribution in [3.05, 3.63) is 69.8 Å². The van der Waals surface area contributed by atoms with Crippen LogP contribution in [0.3, 0.4) is 0 Å². The molecule has 0 aliphatic heterocycles. The second-order valence-corrected chi connectivity index (χ2v) is 8.26. The van der Waals surface area contributed by atoms with Crippen molar-refractivity contribution in [1.82, 2.24) is 34.1 Å². The highest BCUT2D eigenvalue weighted by Gasteiger charge is 2.39. The predicted octanol–water partition coefficient (Wildman–Crippen LogP) is 1.81. The number of nitrogens with two attached hydrogens (primary N) is 1. The molecule has 0 fully saturated rings. The molecule has 4 aromatic rings. The van der Waals surface area contributed by atoms with Crippen LogP contribution in [0.5, 0.6) is 5.88 Å². The lowest BCUT2D eigenvalue weighted by molar-refractivity contribution is -0.207. The predicted molar refractivity (Wildman–Crippen MR) is 127 cm³/mol. The van der Waals surface area contributed by atoms with Gasteiger partial charge in [-0.05, 0) is 43.3 Å². The second kappa shape index (κ2) is 10.6. The van der Waals surface area contributed by atoms with Gasteiger partial charge in [-0.25, -0.2) is 24.1 Å². The Bertz CT molecular complexity index is 1510. The van der Waals surface area contributed by atoms with Crippen molar-refractivity contribution in [2.75, 3.05) is 6.61 Å². The van der Waals surface area contributed by atoms with E-state index >= 15 is 0 Å². The third-order valence-corrected chi connectivity index (χ3v) is 5.43. The average Bonchev–Trinajstić information content (AvgIpc) is 3.42. The van der Waals surface area contributed by atoms with Gasteiger partial charge in [0.2, 0.25) is 11.7 Å². The number of rotatable bonds is 9. The molecule has 4 rings (SSSR count). The number of hydrogen-bond donors (Lipinski definition) is 2. The Hall–Kier alpha value is -4.24. The van der Waals surface area contributed by atoms with Gasteiger partial charge in [-0.2, -0.15) is 13.2 Å². The molecule has 3 aromatic heterocycles. The largest absolute Gasteiger partial charge is 0.476 e. The standard InChI is InChI=1S/C22H20ClF3N8O4/c1-2-38-20-14(4-3-9-28-20)34-19(17(27)36)29-16(30-34)11-33-21(37)32(10-15(35)22(24,25)26)18(31-33)12-5-7-13(23)8-6-12/h3-9,15,35H,2,10-11H2,1H3,(H2,27,36)/t15-/m0/s1. The molecule has 0 aliphatic carbocycles. The van der Waals surface area contributed by atoms with Crippen molar-refractivity contribution in [3.8, 4) is 23.0 Å². The average molecular weight is 553 g/mol. The molecule has 38 heavy (non-hydrogen) atoms. The number of nitrogens with zero attached hydrogens (tertiary/aromatic N) is 7. The van der Waals surface area contributed by atoms with Gasteiger partial charge in [0, 0.05) is 16.8 Å². The zero-order chi connectivity index (χ0) is 27.6. The number of aliphatic hydroxyl groups excluding tert-OH is 1. The molecule has 3 N–H and O–H groups in total. The van der Waals surface area contributed by atoms with E-state index in [1.165, 1.54) is 30.5 Å². The molecule has 1 atom stereocenters. The summed E-state index contributed by atoms with van der Waals surface area (Å²) in [5.74, 6) is -1.36. The number of alkyl halides is 3. The monoisotopic (exact) mass is 552 g/mol. The summed E-state index contributed by atoms with van der Waals surface area (Å²) in [6.45, 7) is 0.451. The van der Waals surface area contributed by atoms with Crippen LogP contribution in [0.4, 0.5) is 13.2 Å². The zero-order valence-corrected chi connectivity index (χ0v) is 20.4. The summed E-state index contributed by atoms with van der Waals surface area (Å²) in [6, 6.07) is 8.98. The smallest absolute Gasteiger partial charge is 0.416 e. The summed E-state index contributed by atoms with van der Waals surface area (Å²) in [6.07, 6.45) is -6.33. The van der Waals surface area contributed by atoms with Gasteiger partial charge in [-0.1, -0.05) is 11.6 Å². The highest BCUT2D eigenvalue weighted by atomic mass is 35.5. The van der Waals surface area contributed by atoms with Crippen molar-refractivity contribution >= 4 is 17.5 Å². The lowest BCUT2D eigenvalue weighted by atomic mass is 10.2. The number of primary amides is 1. The maximum atomic E-state index is 13.1. The lowest BCUT2D eigenvalue weighted by Gasteiger charge is -2.15. The summed E-state index contributed by atoms with van der Waals surface area (Å²) in [5, 5.41) is 18.4. The number of halogens is 4. The molecule has 16 heteroatoms. The van der Waals surface area contributed by atoms with Gasteiger partial charge in [0.05, 0.1) is 13.2 Å². The van der Waals surface area contributed by atoms with Crippen LogP contribution in [0.15, 0.2) is 47.4 Å². The highest BCUT2D eigenvalue weighted by molar-refractivity contribution is 6.30. The van der Waals surface area contributed by atoms with Crippen LogP contribution in [0.25, 0.3) is 17.1 Å². The summed E-state index contributed by atoms with van der Waals surface area (Å²) < 4.78 is 47.3. The molecule has 0 saturated heterocycles. The number of aromatic nitrogens is 7. The van der Waals surface area contributed by atoms with E-state index in [4.69, 9.17) is 22.1 Å². The number of aliphatic hydroxyl groups is 1. The summed E-state index contributed by atoms with van der Waals surface area (Å²) in [5.41, 5.74) is 5.00. The first-order valence-electron chi connectivity index (χ1n) is 11.0. The van der Waals surface area contributed by atoms with E-state index in [1.807, 2.05) is 0 Å². The summed E-state index contributed by atoms with van der Waals surface area (Å²) >= 11 is 5.90. The number of pyridine rings is 1. The van der Waals surface area contributed by atoms with Gasteiger partial charge in [0.1, 0.15) is 12.2 Å². The molecular formula is C22H20ClF3N8O4. The van der Waals surface area contributed by atoms with Gasteiger partial charge >= 0.3 is 11.9 Å². The van der Waals surface area contributed by atoms with Crippen LogP contribution in [0.2, 0.25) is 5.02 Å². The van der Waals surface area contributed by atoms with Crippen LogP contribution in [0, 0.1) is 0 Å². The molecule has 200 valence electrons. The van der Waals surface area contributed by atoms with Gasteiger partial charge in [0.15, 0.2) is 17.8 Å². The molecule has 1 aromatic carbocycles. The SMILES string of the molecule is CCOc1ncccc1-n1nc(Cn2nc(-c3ccc(Cl)cc3)n(C[C@H](O)C(F)(F)F)c2=O)nc1C(N)=O. The second-order valence-electron chi connectivity index (χ2n) is 7.83. The summed E-state index contributed by atoms with van der Waals surface area (Å²) in [4.78, 5) is 33.4. The number of ether oxygens (including phenoxy) is 1. The van der Waals surface area contributed by atoms with Gasteiger partial charge in [0.25, 0.3) is 5.91 Å². The first kappa shape index (κ1) is 26.8. The third kappa shape index (κ3) is 5.52. The topological polar surface area (TPSA) is 156 Å². The molecule has 3 heterocycles. The fourth-order valence-corrected chi connectivity index (χ4v) is 3.60. The van der Waals surface area contributed by atoms with Gasteiger partial charge in [-0.15, -0.1) is 10.2 Å². The quantitative estimate of drug-likeness (QED) is 0.318. The normalized spacial score (nSPS) is 12.5. The van der Waals surface area contributed by atoms with Crippen molar-refractivity contribution in [2.45, 2.75) is 32.3 Å². The maximum absolute atomic E-state index is 13.1. The van der Waals surface area contributed by atoms with Crippen LogP contribution in [-0.4, -0.2) is 64.0 Å². The molecular weight excluding hydrogens is 533 g/mol. The molecule has 0 spiro atoms. The number of carbonyl (C=O) groups is 1. The van der Waals surface area contributed by atoms with Gasteiger partial charge < -0.3 is 15.6 Å². The Morgan fingerprint density at radius 3 is 2.55 bits per heavy atom. The Morgan fingerprint density at radius 1 is 1.21 bits per heavy atom. The van der Waals surface area contributed by atoms with Crippen molar-refractivity contribution in [3.63, 3.8) is 0 Å². The number of carbonyl (C=O) groups excluding carboxylic acids is 1. The van der Waals surface area contributed by atoms with Crippen LogP contribution < -0.4 is 16.2 Å². The van der Waals surface area contributed by atoms with Crippen molar-refractivity contribution < 1.29 is 27.8 Å². The molecule has 1 amide bonds.